The minimum absolute atomic E-state index is 0.169. The number of fused-ring (bicyclic) bond motifs is 1. The van der Waals surface area contributed by atoms with E-state index in [9.17, 15) is 9.59 Å². The van der Waals surface area contributed by atoms with E-state index in [4.69, 9.17) is 4.74 Å². The molecule has 3 amide bonds. The first-order valence-corrected chi connectivity index (χ1v) is 11.4. The average molecular weight is 393 g/mol. The Balaban J connectivity index is 1.28. The summed E-state index contributed by atoms with van der Waals surface area (Å²) < 4.78 is 5.13. The molecule has 0 bridgehead atoms. The predicted molar refractivity (Wildman–Crippen MR) is 107 cm³/mol. The topological polar surface area (TPSA) is 65.1 Å². The van der Waals surface area contributed by atoms with Gasteiger partial charge in [-0.25, -0.2) is 9.59 Å². The number of nitrogens with one attached hydrogen (secondary N) is 1. The van der Waals surface area contributed by atoms with Crippen LogP contribution < -0.4 is 5.32 Å². The fraction of sp³-hybridized carbons (Fsp3) is 0.905. The molecule has 3 heterocycles. The minimum Gasteiger partial charge on any atom is -0.450 e. The Morgan fingerprint density at radius 3 is 2.39 bits per heavy atom. The highest BCUT2D eigenvalue weighted by atomic mass is 16.6. The zero-order valence-corrected chi connectivity index (χ0v) is 17.3. The maximum Gasteiger partial charge on any atom is 0.409 e. The number of ether oxygens (including phenoxy) is 1. The van der Waals surface area contributed by atoms with Gasteiger partial charge in [0.05, 0.1) is 6.61 Å². The molecular weight excluding hydrogens is 356 g/mol. The lowest BCUT2D eigenvalue weighted by molar-refractivity contribution is 0.0221. The van der Waals surface area contributed by atoms with Gasteiger partial charge in [-0.15, -0.1) is 0 Å². The average Bonchev–Trinajstić information content (AvgIpc) is 2.74. The van der Waals surface area contributed by atoms with E-state index >= 15 is 0 Å². The molecule has 4 aliphatic rings. The molecular formula is C21H36N4O3. The minimum atomic E-state index is -0.169. The Bertz CT molecular complexity index is 556. The van der Waals surface area contributed by atoms with E-state index in [-0.39, 0.29) is 12.1 Å². The van der Waals surface area contributed by atoms with Crippen molar-refractivity contribution in [2.45, 2.75) is 76.4 Å². The van der Waals surface area contributed by atoms with Crippen molar-refractivity contribution in [2.75, 3.05) is 39.3 Å². The molecule has 4 fully saturated rings. The first-order valence-electron chi connectivity index (χ1n) is 11.4. The van der Waals surface area contributed by atoms with Crippen LogP contribution in [0, 0.1) is 5.92 Å². The summed E-state index contributed by atoms with van der Waals surface area (Å²) in [5.41, 5.74) is 0. The molecule has 0 aromatic rings. The highest BCUT2D eigenvalue weighted by Crippen LogP contribution is 2.34. The summed E-state index contributed by atoms with van der Waals surface area (Å²) in [6, 6.07) is 1.59. The Kier molecular flexibility index (Phi) is 6.28. The number of nitrogens with zero attached hydrogens (tertiary/aromatic N) is 3. The molecule has 1 saturated carbocycles. The smallest absolute Gasteiger partial charge is 0.409 e. The third kappa shape index (κ3) is 4.09. The van der Waals surface area contributed by atoms with Crippen molar-refractivity contribution in [3.63, 3.8) is 0 Å². The first kappa shape index (κ1) is 19.8. The summed E-state index contributed by atoms with van der Waals surface area (Å²) in [4.78, 5) is 31.2. The second-order valence-corrected chi connectivity index (χ2v) is 8.89. The number of likely N-dealkylation sites (tertiary alicyclic amines) is 2. The molecule has 4 rings (SSSR count). The molecule has 7 nitrogen and oxygen atoms in total. The molecule has 0 spiro atoms. The number of carbonyl (C=O) groups excluding carboxylic acids is 2. The van der Waals surface area contributed by atoms with E-state index < -0.39 is 0 Å². The molecule has 0 radical (unpaired) electrons. The maximum absolute atomic E-state index is 12.6. The standard InChI is InChI=1S/C21H36N4O3/c1-2-28-21(27)24-13-7-17(8-14-24)23-11-9-18(10-12-23)25-19-6-4-3-5-16(19)15-22-20(25)26/h16-19H,2-15H2,1H3,(H,22,26)/t16-,19+/m1/s1. The molecule has 7 heteroatoms. The third-order valence-corrected chi connectivity index (χ3v) is 7.38. The fourth-order valence-corrected chi connectivity index (χ4v) is 5.85. The summed E-state index contributed by atoms with van der Waals surface area (Å²) in [5, 5.41) is 3.15. The second kappa shape index (κ2) is 8.89. The van der Waals surface area contributed by atoms with E-state index in [1.54, 1.807) is 0 Å². The summed E-state index contributed by atoms with van der Waals surface area (Å²) in [7, 11) is 0. The van der Waals surface area contributed by atoms with E-state index in [0.717, 1.165) is 58.4 Å². The Labute approximate surface area is 168 Å². The number of piperidine rings is 2. The lowest BCUT2D eigenvalue weighted by Gasteiger charge is -2.50. The largest absolute Gasteiger partial charge is 0.450 e. The van der Waals surface area contributed by atoms with Gasteiger partial charge in [-0.1, -0.05) is 12.8 Å². The van der Waals surface area contributed by atoms with Crippen molar-refractivity contribution >= 4 is 12.1 Å². The van der Waals surface area contributed by atoms with E-state index in [2.05, 4.69) is 15.1 Å². The first-order chi connectivity index (χ1) is 13.7. The van der Waals surface area contributed by atoms with Gasteiger partial charge in [0.1, 0.15) is 0 Å². The molecule has 2 atom stereocenters. The van der Waals surface area contributed by atoms with Crippen molar-refractivity contribution in [3.05, 3.63) is 0 Å². The molecule has 3 aliphatic heterocycles. The van der Waals surface area contributed by atoms with Gasteiger partial charge >= 0.3 is 12.1 Å². The van der Waals surface area contributed by atoms with Crippen LogP contribution in [0.25, 0.3) is 0 Å². The van der Waals surface area contributed by atoms with Gasteiger partial charge in [0, 0.05) is 50.8 Å². The molecule has 0 unspecified atom stereocenters. The summed E-state index contributed by atoms with van der Waals surface area (Å²) in [6.45, 7) is 6.89. The van der Waals surface area contributed by atoms with Crippen LogP contribution in [0.1, 0.15) is 58.3 Å². The van der Waals surface area contributed by atoms with Crippen LogP contribution in [0.4, 0.5) is 9.59 Å². The molecule has 3 saturated heterocycles. The van der Waals surface area contributed by atoms with Gasteiger partial charge in [0.25, 0.3) is 0 Å². The fourth-order valence-electron chi connectivity index (χ4n) is 5.85. The third-order valence-electron chi connectivity index (χ3n) is 7.38. The van der Waals surface area contributed by atoms with Gasteiger partial charge in [-0.2, -0.15) is 0 Å². The Morgan fingerprint density at radius 2 is 1.68 bits per heavy atom. The van der Waals surface area contributed by atoms with Gasteiger partial charge in [-0.05, 0) is 51.4 Å². The second-order valence-electron chi connectivity index (χ2n) is 8.89. The van der Waals surface area contributed by atoms with E-state index in [0.29, 0.717) is 30.7 Å². The highest BCUT2D eigenvalue weighted by molar-refractivity contribution is 5.76. The number of carbonyl (C=O) groups is 2. The Morgan fingerprint density at radius 1 is 1.00 bits per heavy atom. The van der Waals surface area contributed by atoms with Crippen LogP contribution in [0.5, 0.6) is 0 Å². The number of hydrogen-bond donors (Lipinski definition) is 1. The summed E-state index contributed by atoms with van der Waals surface area (Å²) >= 11 is 0. The SMILES string of the molecule is CCOC(=O)N1CCC(N2CCC(N3C(=O)NC[C@H]4CCCC[C@@H]43)CC2)CC1. The normalized spacial score (nSPS) is 30.7. The van der Waals surface area contributed by atoms with E-state index in [1.165, 1.54) is 25.7 Å². The molecule has 28 heavy (non-hydrogen) atoms. The molecule has 1 aliphatic carbocycles. The summed E-state index contributed by atoms with van der Waals surface area (Å²) in [5.74, 6) is 0.650. The van der Waals surface area contributed by atoms with Crippen molar-refractivity contribution in [1.82, 2.24) is 20.0 Å². The van der Waals surface area contributed by atoms with Gasteiger partial charge in [0.2, 0.25) is 0 Å². The van der Waals surface area contributed by atoms with Crippen molar-refractivity contribution in [3.8, 4) is 0 Å². The van der Waals surface area contributed by atoms with Crippen molar-refractivity contribution in [1.29, 1.82) is 0 Å². The summed E-state index contributed by atoms with van der Waals surface area (Å²) in [6.07, 6.45) is 9.07. The van der Waals surface area contributed by atoms with Crippen LogP contribution in [-0.2, 0) is 4.74 Å². The van der Waals surface area contributed by atoms with Crippen LogP contribution in [0.2, 0.25) is 0 Å². The van der Waals surface area contributed by atoms with Crippen LogP contribution in [0.15, 0.2) is 0 Å². The highest BCUT2D eigenvalue weighted by Gasteiger charge is 2.42. The van der Waals surface area contributed by atoms with Crippen LogP contribution >= 0.6 is 0 Å². The lowest BCUT2D eigenvalue weighted by Crippen LogP contribution is -2.63. The lowest BCUT2D eigenvalue weighted by atomic mass is 9.81. The number of hydrogen-bond acceptors (Lipinski definition) is 4. The van der Waals surface area contributed by atoms with Gasteiger partial charge in [0.15, 0.2) is 0 Å². The number of amides is 3. The zero-order chi connectivity index (χ0) is 19.5. The maximum atomic E-state index is 12.6. The molecule has 0 aromatic carbocycles. The van der Waals surface area contributed by atoms with Crippen LogP contribution in [-0.4, -0.2) is 84.3 Å². The van der Waals surface area contributed by atoms with Crippen LogP contribution in [0.3, 0.4) is 0 Å². The predicted octanol–water partition coefficient (Wildman–Crippen LogP) is 2.66. The van der Waals surface area contributed by atoms with Crippen molar-refractivity contribution < 1.29 is 14.3 Å². The molecule has 0 aromatic heterocycles. The Hall–Kier alpha value is -1.50. The van der Waals surface area contributed by atoms with E-state index in [1.807, 2.05) is 11.8 Å². The quantitative estimate of drug-likeness (QED) is 0.802. The number of rotatable bonds is 3. The molecule has 158 valence electrons. The zero-order valence-electron chi connectivity index (χ0n) is 17.3. The van der Waals surface area contributed by atoms with Gasteiger partial charge in [-0.3, -0.25) is 0 Å². The molecule has 1 N–H and O–H groups in total. The number of urea groups is 1. The van der Waals surface area contributed by atoms with Gasteiger partial charge < -0.3 is 24.8 Å². The van der Waals surface area contributed by atoms with Crippen molar-refractivity contribution in [2.24, 2.45) is 5.92 Å². The monoisotopic (exact) mass is 392 g/mol.